The van der Waals surface area contributed by atoms with E-state index in [4.69, 9.17) is 0 Å². The van der Waals surface area contributed by atoms with Gasteiger partial charge in [-0.15, -0.1) is 0 Å². The van der Waals surface area contributed by atoms with Gasteiger partial charge in [0.2, 0.25) is 0 Å². The molecule has 11 rings (SSSR count). The maximum atomic E-state index is 2.49. The zero-order chi connectivity index (χ0) is 38.1. The van der Waals surface area contributed by atoms with Gasteiger partial charge in [-0.3, -0.25) is 0 Å². The first kappa shape index (κ1) is 33.2. The van der Waals surface area contributed by atoms with E-state index in [1.54, 1.807) is 0 Å². The second-order valence-electron chi connectivity index (χ2n) is 15.7. The van der Waals surface area contributed by atoms with E-state index < -0.39 is 0 Å². The van der Waals surface area contributed by atoms with Crippen LogP contribution < -0.4 is 4.90 Å². The highest BCUT2D eigenvalue weighted by Crippen LogP contribution is 2.54. The summed E-state index contributed by atoms with van der Waals surface area (Å²) in [5.41, 5.74) is 16.9. The smallest absolute Gasteiger partial charge is 0.0543 e. The lowest BCUT2D eigenvalue weighted by molar-refractivity contribution is 0.660. The maximum Gasteiger partial charge on any atom is 0.0543 e. The largest absolute Gasteiger partial charge is 0.310 e. The lowest BCUT2D eigenvalue weighted by Crippen LogP contribution is -2.16. The summed E-state index contributed by atoms with van der Waals surface area (Å²) >= 11 is 0. The second kappa shape index (κ2) is 13.0. The van der Waals surface area contributed by atoms with Crippen LogP contribution in [0.1, 0.15) is 25.0 Å². The van der Waals surface area contributed by atoms with Gasteiger partial charge in [-0.1, -0.05) is 172 Å². The Hall–Kier alpha value is -7.16. The molecule has 0 spiro atoms. The molecule has 270 valence electrons. The van der Waals surface area contributed by atoms with Crippen molar-refractivity contribution in [1.29, 1.82) is 0 Å². The Morgan fingerprint density at radius 1 is 0.421 bits per heavy atom. The summed E-state index contributed by atoms with van der Waals surface area (Å²) < 4.78 is 2.41. The molecule has 0 aliphatic heterocycles. The highest BCUT2D eigenvalue weighted by molar-refractivity contribution is 6.10. The van der Waals surface area contributed by atoms with Crippen LogP contribution in [0, 0.1) is 0 Å². The first-order chi connectivity index (χ1) is 28.1. The lowest BCUT2D eigenvalue weighted by Gasteiger charge is -2.29. The van der Waals surface area contributed by atoms with Gasteiger partial charge in [0.1, 0.15) is 0 Å². The fourth-order valence-electron chi connectivity index (χ4n) is 9.57. The van der Waals surface area contributed by atoms with E-state index in [1.807, 2.05) is 0 Å². The summed E-state index contributed by atoms with van der Waals surface area (Å²) in [6.45, 7) is 4.72. The van der Waals surface area contributed by atoms with Crippen LogP contribution in [0.5, 0.6) is 0 Å². The molecule has 2 nitrogen and oxygen atoms in total. The van der Waals surface area contributed by atoms with Crippen LogP contribution in [0.4, 0.5) is 17.1 Å². The highest BCUT2D eigenvalue weighted by Gasteiger charge is 2.37. The van der Waals surface area contributed by atoms with E-state index in [1.165, 1.54) is 82.8 Å². The molecule has 0 atom stereocenters. The fraction of sp³-hybridized carbons (Fsp3) is 0.0545. The van der Waals surface area contributed by atoms with E-state index in [0.29, 0.717) is 0 Å². The van der Waals surface area contributed by atoms with Crippen molar-refractivity contribution in [2.75, 3.05) is 4.90 Å². The molecule has 0 fully saturated rings. The summed E-state index contributed by atoms with van der Waals surface area (Å²) in [6.07, 6.45) is 0. The Kier molecular flexibility index (Phi) is 7.55. The SMILES string of the molecule is CC1(C)c2ccccc2-c2c(N(c3cccc(-c4cccc5cccc(-c6ccccc6)c45)c3)c3cccc(-n4c5ccccc5c5ccccc54)c3)cccc21. The van der Waals surface area contributed by atoms with Crippen molar-refractivity contribution in [2.24, 2.45) is 0 Å². The Morgan fingerprint density at radius 2 is 0.965 bits per heavy atom. The van der Waals surface area contributed by atoms with Crippen LogP contribution in [0.3, 0.4) is 0 Å². The van der Waals surface area contributed by atoms with Crippen LogP contribution in [-0.2, 0) is 5.41 Å². The first-order valence-corrected chi connectivity index (χ1v) is 19.9. The Labute approximate surface area is 333 Å². The minimum absolute atomic E-state index is 0.128. The summed E-state index contributed by atoms with van der Waals surface area (Å²) in [5, 5.41) is 5.01. The number of hydrogen-bond acceptors (Lipinski definition) is 1. The molecule has 1 aromatic heterocycles. The van der Waals surface area contributed by atoms with Gasteiger partial charge >= 0.3 is 0 Å². The number of anilines is 3. The molecule has 1 aliphatic rings. The normalized spacial score (nSPS) is 12.9. The molecule has 10 aromatic rings. The monoisotopic (exact) mass is 728 g/mol. The molecule has 57 heavy (non-hydrogen) atoms. The van der Waals surface area contributed by atoms with E-state index in [-0.39, 0.29) is 5.41 Å². The van der Waals surface area contributed by atoms with Crippen LogP contribution in [0.25, 0.3) is 71.6 Å². The summed E-state index contributed by atoms with van der Waals surface area (Å²) in [5.74, 6) is 0. The molecule has 0 saturated carbocycles. The minimum atomic E-state index is -0.128. The third kappa shape index (κ3) is 5.18. The van der Waals surface area contributed by atoms with Crippen LogP contribution >= 0.6 is 0 Å². The highest BCUT2D eigenvalue weighted by atomic mass is 15.1. The average molecular weight is 729 g/mol. The number of para-hydroxylation sites is 2. The molecule has 0 radical (unpaired) electrons. The molecule has 0 bridgehead atoms. The third-order valence-electron chi connectivity index (χ3n) is 12.2. The van der Waals surface area contributed by atoms with Crippen LogP contribution in [-0.4, -0.2) is 4.57 Å². The van der Waals surface area contributed by atoms with Gasteiger partial charge in [0, 0.05) is 38.8 Å². The maximum absolute atomic E-state index is 2.49. The van der Waals surface area contributed by atoms with E-state index >= 15 is 0 Å². The Morgan fingerprint density at radius 3 is 1.72 bits per heavy atom. The predicted molar refractivity (Wildman–Crippen MR) is 241 cm³/mol. The van der Waals surface area contributed by atoms with Gasteiger partial charge in [0.05, 0.1) is 16.7 Å². The van der Waals surface area contributed by atoms with Crippen molar-refractivity contribution in [3.63, 3.8) is 0 Å². The average Bonchev–Trinajstić information content (AvgIpc) is 3.73. The van der Waals surface area contributed by atoms with Crippen molar-refractivity contribution >= 4 is 49.6 Å². The molecule has 0 amide bonds. The molecular formula is C55H40N2. The molecule has 2 heteroatoms. The second-order valence-corrected chi connectivity index (χ2v) is 15.7. The summed E-state index contributed by atoms with van der Waals surface area (Å²) in [6, 6.07) is 75.7. The Bertz CT molecular complexity index is 3110. The number of nitrogens with zero attached hydrogens (tertiary/aromatic N) is 2. The van der Waals surface area contributed by atoms with Gasteiger partial charge in [0.15, 0.2) is 0 Å². The number of fused-ring (bicyclic) bond motifs is 7. The molecule has 0 unspecified atom stereocenters. The Balaban J connectivity index is 1.16. The van der Waals surface area contributed by atoms with Crippen molar-refractivity contribution in [3.05, 3.63) is 217 Å². The molecule has 9 aromatic carbocycles. The van der Waals surface area contributed by atoms with E-state index in [0.717, 1.165) is 17.1 Å². The van der Waals surface area contributed by atoms with Crippen LogP contribution in [0.2, 0.25) is 0 Å². The zero-order valence-electron chi connectivity index (χ0n) is 32.0. The quantitative estimate of drug-likeness (QED) is 0.165. The molecule has 0 saturated heterocycles. The van der Waals surface area contributed by atoms with Crippen molar-refractivity contribution in [2.45, 2.75) is 19.3 Å². The summed E-state index contributed by atoms with van der Waals surface area (Å²) in [4.78, 5) is 2.49. The lowest BCUT2D eigenvalue weighted by atomic mass is 9.82. The van der Waals surface area contributed by atoms with E-state index in [2.05, 4.69) is 230 Å². The van der Waals surface area contributed by atoms with Gasteiger partial charge in [-0.25, -0.2) is 0 Å². The zero-order valence-corrected chi connectivity index (χ0v) is 32.0. The number of rotatable bonds is 6. The molecule has 0 N–H and O–H groups in total. The van der Waals surface area contributed by atoms with Gasteiger partial charge in [0.25, 0.3) is 0 Å². The summed E-state index contributed by atoms with van der Waals surface area (Å²) in [7, 11) is 0. The van der Waals surface area contributed by atoms with Gasteiger partial charge < -0.3 is 9.47 Å². The molecule has 1 heterocycles. The van der Waals surface area contributed by atoms with Crippen molar-refractivity contribution < 1.29 is 0 Å². The number of aromatic nitrogens is 1. The fourth-order valence-corrected chi connectivity index (χ4v) is 9.57. The minimum Gasteiger partial charge on any atom is -0.310 e. The van der Waals surface area contributed by atoms with Crippen molar-refractivity contribution in [3.8, 4) is 39.1 Å². The number of benzene rings is 9. The van der Waals surface area contributed by atoms with Crippen LogP contribution in [0.15, 0.2) is 206 Å². The van der Waals surface area contributed by atoms with Gasteiger partial charge in [-0.2, -0.15) is 0 Å². The third-order valence-corrected chi connectivity index (χ3v) is 12.2. The number of hydrogen-bond donors (Lipinski definition) is 0. The van der Waals surface area contributed by atoms with Gasteiger partial charge in [-0.05, 0) is 98.2 Å². The standard InChI is InChI=1S/C55H40N2/c1-55(2)48-30-9-6-27-47(48)54-49(55)31-16-34-52(54)56(41-23-15-24-42(36-41)57-50-32-10-7-25-45(50)46-26-8-11-33-51(46)57)40-22-12-21-39(35-40)44-29-14-20-38-19-13-28-43(53(38)44)37-17-4-3-5-18-37/h3-36H,1-2H3. The first-order valence-electron chi connectivity index (χ1n) is 19.9. The molecular weight excluding hydrogens is 689 g/mol. The molecule has 1 aliphatic carbocycles. The topological polar surface area (TPSA) is 8.17 Å². The predicted octanol–water partition coefficient (Wildman–Crippen LogP) is 15.0. The van der Waals surface area contributed by atoms with Crippen molar-refractivity contribution in [1.82, 2.24) is 4.57 Å². The van der Waals surface area contributed by atoms with E-state index in [9.17, 15) is 0 Å².